The van der Waals surface area contributed by atoms with Crippen LogP contribution in [0.15, 0.2) is 76.8 Å². The number of halogens is 1. The van der Waals surface area contributed by atoms with Crippen molar-refractivity contribution >= 4 is 45.9 Å². The molecule has 0 bridgehead atoms. The van der Waals surface area contributed by atoms with Crippen molar-refractivity contribution in [2.75, 3.05) is 18.2 Å². The SMILES string of the molecule is COc1ccc(CCn2c(SCC(=O)Nc3cccnc3Cl)nc3ccccc3c2=O)cc1. The minimum absolute atomic E-state index is 0.0680. The Morgan fingerprint density at radius 2 is 1.91 bits per heavy atom. The van der Waals surface area contributed by atoms with Gasteiger partial charge < -0.3 is 10.1 Å². The van der Waals surface area contributed by atoms with Crippen molar-refractivity contribution in [1.82, 2.24) is 14.5 Å². The van der Waals surface area contributed by atoms with Gasteiger partial charge in [-0.15, -0.1) is 0 Å². The van der Waals surface area contributed by atoms with Crippen LogP contribution in [0, 0.1) is 0 Å². The highest BCUT2D eigenvalue weighted by molar-refractivity contribution is 7.99. The average molecular weight is 481 g/mol. The average Bonchev–Trinajstić information content (AvgIpc) is 2.84. The third kappa shape index (κ3) is 5.53. The van der Waals surface area contributed by atoms with Crippen LogP contribution in [-0.4, -0.2) is 33.3 Å². The van der Waals surface area contributed by atoms with Crippen molar-refractivity contribution in [1.29, 1.82) is 0 Å². The van der Waals surface area contributed by atoms with Crippen molar-refractivity contribution in [2.24, 2.45) is 0 Å². The first-order valence-corrected chi connectivity index (χ1v) is 11.6. The number of carbonyl (C=O) groups is 1. The molecule has 2 heterocycles. The van der Waals surface area contributed by atoms with E-state index in [0.29, 0.717) is 34.7 Å². The van der Waals surface area contributed by atoms with Crippen LogP contribution in [0.5, 0.6) is 5.75 Å². The van der Waals surface area contributed by atoms with Gasteiger partial charge in [-0.3, -0.25) is 14.2 Å². The summed E-state index contributed by atoms with van der Waals surface area (Å²) in [5, 5.41) is 3.99. The zero-order valence-electron chi connectivity index (χ0n) is 17.8. The standard InChI is InChI=1S/C24H21ClN4O3S/c1-32-17-10-8-16(9-11-17)12-14-29-23(31)18-5-2-3-6-19(18)28-24(29)33-15-21(30)27-20-7-4-13-26-22(20)25/h2-11,13H,12,14-15H2,1H3,(H,27,30). The number of pyridine rings is 1. The molecule has 168 valence electrons. The lowest BCUT2D eigenvalue weighted by Crippen LogP contribution is -2.25. The van der Waals surface area contributed by atoms with Crippen LogP contribution >= 0.6 is 23.4 Å². The molecule has 0 saturated carbocycles. The third-order valence-corrected chi connectivity index (χ3v) is 6.25. The van der Waals surface area contributed by atoms with E-state index in [1.807, 2.05) is 36.4 Å². The highest BCUT2D eigenvalue weighted by Gasteiger charge is 2.14. The summed E-state index contributed by atoms with van der Waals surface area (Å²) < 4.78 is 6.83. The molecule has 0 aliphatic rings. The maximum atomic E-state index is 13.2. The van der Waals surface area contributed by atoms with Gasteiger partial charge in [0, 0.05) is 12.7 Å². The molecular weight excluding hydrogens is 460 g/mol. The summed E-state index contributed by atoms with van der Waals surface area (Å²) in [7, 11) is 1.62. The fourth-order valence-electron chi connectivity index (χ4n) is 3.28. The fraction of sp³-hybridized carbons (Fsp3) is 0.167. The Morgan fingerprint density at radius 3 is 2.67 bits per heavy atom. The second kappa shape index (κ2) is 10.5. The second-order valence-electron chi connectivity index (χ2n) is 7.15. The maximum absolute atomic E-state index is 13.2. The number of anilines is 1. The lowest BCUT2D eigenvalue weighted by Gasteiger charge is -2.13. The van der Waals surface area contributed by atoms with E-state index < -0.39 is 0 Å². The van der Waals surface area contributed by atoms with Gasteiger partial charge in [-0.05, 0) is 48.4 Å². The number of nitrogens with one attached hydrogen (secondary N) is 1. The summed E-state index contributed by atoms with van der Waals surface area (Å²) in [5.41, 5.74) is 1.97. The molecule has 1 N–H and O–H groups in total. The van der Waals surface area contributed by atoms with Crippen LogP contribution < -0.4 is 15.6 Å². The molecule has 4 rings (SSSR count). The summed E-state index contributed by atoms with van der Waals surface area (Å²) in [6.45, 7) is 0.432. The van der Waals surface area contributed by atoms with Crippen LogP contribution in [0.1, 0.15) is 5.56 Å². The van der Waals surface area contributed by atoms with E-state index in [1.165, 1.54) is 11.8 Å². The minimum Gasteiger partial charge on any atom is -0.497 e. The van der Waals surface area contributed by atoms with Gasteiger partial charge in [0.1, 0.15) is 5.75 Å². The molecule has 4 aromatic rings. The molecule has 0 radical (unpaired) electrons. The normalized spacial score (nSPS) is 10.8. The van der Waals surface area contributed by atoms with E-state index >= 15 is 0 Å². The fourth-order valence-corrected chi connectivity index (χ4v) is 4.28. The summed E-state index contributed by atoms with van der Waals surface area (Å²) in [6.07, 6.45) is 2.18. The van der Waals surface area contributed by atoms with Crippen molar-refractivity contribution in [3.8, 4) is 5.75 Å². The number of aromatic nitrogens is 3. The molecule has 0 spiro atoms. The molecule has 9 heteroatoms. The monoisotopic (exact) mass is 480 g/mol. The lowest BCUT2D eigenvalue weighted by atomic mass is 10.1. The van der Waals surface area contributed by atoms with Gasteiger partial charge in [0.15, 0.2) is 10.3 Å². The summed E-state index contributed by atoms with van der Waals surface area (Å²) in [5.74, 6) is 0.580. The van der Waals surface area contributed by atoms with E-state index in [0.717, 1.165) is 11.3 Å². The molecular formula is C24H21ClN4O3S. The van der Waals surface area contributed by atoms with E-state index in [9.17, 15) is 9.59 Å². The smallest absolute Gasteiger partial charge is 0.262 e. The van der Waals surface area contributed by atoms with Crippen LogP contribution in [0.3, 0.4) is 0 Å². The second-order valence-corrected chi connectivity index (χ2v) is 8.45. The molecule has 7 nitrogen and oxygen atoms in total. The summed E-state index contributed by atoms with van der Waals surface area (Å²) in [4.78, 5) is 34.3. The maximum Gasteiger partial charge on any atom is 0.262 e. The van der Waals surface area contributed by atoms with Crippen LogP contribution in [0.25, 0.3) is 10.9 Å². The summed E-state index contributed by atoms with van der Waals surface area (Å²) in [6, 6.07) is 18.3. The van der Waals surface area contributed by atoms with E-state index in [4.69, 9.17) is 16.3 Å². The van der Waals surface area contributed by atoms with Crippen LogP contribution in [0.2, 0.25) is 5.15 Å². The summed E-state index contributed by atoms with van der Waals surface area (Å²) >= 11 is 7.22. The number of ether oxygens (including phenoxy) is 1. The molecule has 0 saturated heterocycles. The predicted molar refractivity (Wildman–Crippen MR) is 131 cm³/mol. The molecule has 0 aliphatic heterocycles. The molecule has 0 fully saturated rings. The number of amides is 1. The molecule has 33 heavy (non-hydrogen) atoms. The molecule has 0 aliphatic carbocycles. The molecule has 2 aromatic carbocycles. The molecule has 0 unspecified atom stereocenters. The van der Waals surface area contributed by atoms with Gasteiger partial charge in [-0.25, -0.2) is 9.97 Å². The van der Waals surface area contributed by atoms with Gasteiger partial charge in [0.2, 0.25) is 5.91 Å². The zero-order chi connectivity index (χ0) is 23.2. The van der Waals surface area contributed by atoms with Gasteiger partial charge >= 0.3 is 0 Å². The predicted octanol–water partition coefficient (Wildman–Crippen LogP) is 4.43. The van der Waals surface area contributed by atoms with E-state index in [2.05, 4.69) is 15.3 Å². The van der Waals surface area contributed by atoms with Gasteiger partial charge in [0.25, 0.3) is 5.56 Å². The Hall–Kier alpha value is -3.36. The number of thioether (sulfide) groups is 1. The number of carbonyl (C=O) groups excluding carboxylic acids is 1. The number of aryl methyl sites for hydroxylation is 1. The van der Waals surface area contributed by atoms with Gasteiger partial charge in [0.05, 0.1) is 29.5 Å². The van der Waals surface area contributed by atoms with Crippen molar-refractivity contribution in [2.45, 2.75) is 18.1 Å². The number of methoxy groups -OCH3 is 1. The van der Waals surface area contributed by atoms with Crippen LogP contribution in [0.4, 0.5) is 5.69 Å². The van der Waals surface area contributed by atoms with E-state index in [1.54, 1.807) is 42.1 Å². The topological polar surface area (TPSA) is 86.1 Å². The Labute approximate surface area is 199 Å². The minimum atomic E-state index is -0.265. The Morgan fingerprint density at radius 1 is 1.12 bits per heavy atom. The quantitative estimate of drug-likeness (QED) is 0.228. The zero-order valence-corrected chi connectivity index (χ0v) is 19.4. The first-order chi connectivity index (χ1) is 16.0. The Bertz CT molecular complexity index is 1340. The Kier molecular flexibility index (Phi) is 7.26. The third-order valence-electron chi connectivity index (χ3n) is 4.98. The number of para-hydroxylation sites is 1. The van der Waals surface area contributed by atoms with E-state index in [-0.39, 0.29) is 22.4 Å². The van der Waals surface area contributed by atoms with Crippen molar-refractivity contribution < 1.29 is 9.53 Å². The molecule has 1 amide bonds. The Balaban J connectivity index is 1.55. The van der Waals surface area contributed by atoms with Gasteiger partial charge in [-0.2, -0.15) is 0 Å². The molecule has 0 atom stereocenters. The highest BCUT2D eigenvalue weighted by atomic mass is 35.5. The highest BCUT2D eigenvalue weighted by Crippen LogP contribution is 2.21. The van der Waals surface area contributed by atoms with Crippen molar-refractivity contribution in [3.05, 3.63) is 87.9 Å². The first-order valence-electron chi connectivity index (χ1n) is 10.2. The number of rotatable bonds is 8. The lowest BCUT2D eigenvalue weighted by molar-refractivity contribution is -0.113. The number of hydrogen-bond donors (Lipinski definition) is 1. The molecule has 2 aromatic heterocycles. The van der Waals surface area contributed by atoms with Gasteiger partial charge in [-0.1, -0.05) is 47.6 Å². The number of hydrogen-bond acceptors (Lipinski definition) is 6. The number of nitrogens with zero attached hydrogens (tertiary/aromatic N) is 3. The van der Waals surface area contributed by atoms with Crippen LogP contribution in [-0.2, 0) is 17.8 Å². The number of benzene rings is 2. The van der Waals surface area contributed by atoms with Crippen molar-refractivity contribution in [3.63, 3.8) is 0 Å². The first kappa shape index (κ1) is 22.8. The largest absolute Gasteiger partial charge is 0.497 e. The number of fused-ring (bicyclic) bond motifs is 1.